The number of fused-ring (bicyclic) bond motifs is 1. The van der Waals surface area contributed by atoms with Crippen molar-refractivity contribution >= 4 is 34.7 Å². The Labute approximate surface area is 179 Å². The van der Waals surface area contributed by atoms with Gasteiger partial charge in [-0.2, -0.15) is 0 Å². The molecule has 2 amide bonds. The summed E-state index contributed by atoms with van der Waals surface area (Å²) in [6, 6.07) is 14.9. The number of halogens is 1. The topological polar surface area (TPSA) is 74.7 Å². The number of aryl methyl sites for hydroxylation is 2. The lowest BCUT2D eigenvalue weighted by Gasteiger charge is -2.20. The number of pyridine rings is 1. The number of hydrogen-bond acceptors (Lipinski definition) is 4. The van der Waals surface area contributed by atoms with Gasteiger partial charge in [-0.3, -0.25) is 14.5 Å². The van der Waals surface area contributed by atoms with Crippen LogP contribution >= 0.6 is 0 Å². The van der Waals surface area contributed by atoms with Crippen LogP contribution in [0, 0.1) is 19.7 Å². The number of aromatic nitrogens is 1. The Morgan fingerprint density at radius 1 is 1.10 bits per heavy atom. The third-order valence-electron chi connectivity index (χ3n) is 5.17. The number of carbonyl (C=O) groups excluding carboxylic acids is 2. The predicted molar refractivity (Wildman–Crippen MR) is 118 cm³/mol. The molecule has 0 aliphatic carbocycles. The zero-order chi connectivity index (χ0) is 22.0. The van der Waals surface area contributed by atoms with E-state index in [0.29, 0.717) is 28.5 Å². The van der Waals surface area contributed by atoms with Gasteiger partial charge in [0.1, 0.15) is 18.0 Å². The summed E-state index contributed by atoms with van der Waals surface area (Å²) in [6.45, 7) is 3.78. The number of carbonyl (C=O) groups is 2. The average Bonchev–Trinajstić information content (AvgIpc) is 2.88. The second-order valence-corrected chi connectivity index (χ2v) is 7.42. The molecule has 0 bridgehead atoms. The molecular weight excluding hydrogens is 395 g/mol. The molecule has 2 heterocycles. The quantitative estimate of drug-likeness (QED) is 0.688. The van der Waals surface area contributed by atoms with Gasteiger partial charge in [-0.15, -0.1) is 0 Å². The Hall–Kier alpha value is -3.87. The molecule has 1 N–H and O–H groups in total. The third-order valence-corrected chi connectivity index (χ3v) is 5.17. The van der Waals surface area contributed by atoms with E-state index in [4.69, 9.17) is 0 Å². The van der Waals surface area contributed by atoms with Crippen molar-refractivity contribution in [3.05, 3.63) is 83.3 Å². The first kappa shape index (κ1) is 20.4. The van der Waals surface area contributed by atoms with Crippen molar-refractivity contribution in [2.24, 2.45) is 4.99 Å². The summed E-state index contributed by atoms with van der Waals surface area (Å²) in [4.78, 5) is 36.0. The van der Waals surface area contributed by atoms with E-state index in [9.17, 15) is 14.0 Å². The largest absolute Gasteiger partial charge is 0.325 e. The fourth-order valence-electron chi connectivity index (χ4n) is 3.36. The molecule has 0 fully saturated rings. The Morgan fingerprint density at radius 3 is 2.61 bits per heavy atom. The summed E-state index contributed by atoms with van der Waals surface area (Å²) in [7, 11) is 0. The van der Waals surface area contributed by atoms with Gasteiger partial charge < -0.3 is 5.32 Å². The average molecular weight is 416 g/mol. The first-order valence-electron chi connectivity index (χ1n) is 9.87. The van der Waals surface area contributed by atoms with Gasteiger partial charge in [0.05, 0.1) is 12.1 Å². The molecular formula is C24H21FN4O2. The molecule has 0 unspecified atom stereocenters. The molecule has 0 spiro atoms. The molecule has 6 nitrogen and oxygen atoms in total. The number of nitrogens with one attached hydrogen (secondary N) is 1. The maximum Gasteiger partial charge on any atom is 0.244 e. The van der Waals surface area contributed by atoms with Crippen molar-refractivity contribution in [2.75, 3.05) is 16.8 Å². The summed E-state index contributed by atoms with van der Waals surface area (Å²) in [5.41, 5.74) is 4.48. The van der Waals surface area contributed by atoms with E-state index in [1.54, 1.807) is 30.5 Å². The molecule has 0 saturated heterocycles. The van der Waals surface area contributed by atoms with Crippen LogP contribution < -0.4 is 10.2 Å². The molecule has 2 aromatic carbocycles. The van der Waals surface area contributed by atoms with E-state index < -0.39 is 0 Å². The van der Waals surface area contributed by atoms with Crippen LogP contribution in [-0.4, -0.2) is 29.1 Å². The first-order chi connectivity index (χ1) is 14.9. The highest BCUT2D eigenvalue weighted by Crippen LogP contribution is 2.30. The second kappa shape index (κ2) is 8.47. The smallest absolute Gasteiger partial charge is 0.244 e. The minimum atomic E-state index is -0.365. The Bertz CT molecular complexity index is 1190. The SMILES string of the molecule is Cc1ccc(NC(=O)CN2C(=O)CC(c3ccc(F)cc3)=Nc3cccnc32)cc1C. The summed E-state index contributed by atoms with van der Waals surface area (Å²) in [5, 5.41) is 2.84. The molecule has 1 aliphatic rings. The molecule has 0 radical (unpaired) electrons. The molecule has 4 rings (SSSR count). The number of aliphatic imine (C=N–C) groups is 1. The molecule has 0 atom stereocenters. The normalized spacial score (nSPS) is 13.3. The van der Waals surface area contributed by atoms with Crippen molar-refractivity contribution in [3.8, 4) is 0 Å². The van der Waals surface area contributed by atoms with Crippen molar-refractivity contribution in [2.45, 2.75) is 20.3 Å². The van der Waals surface area contributed by atoms with Crippen LogP contribution in [0.1, 0.15) is 23.1 Å². The number of nitrogens with zero attached hydrogens (tertiary/aromatic N) is 3. The van der Waals surface area contributed by atoms with Gasteiger partial charge in [-0.05, 0) is 66.9 Å². The lowest BCUT2D eigenvalue weighted by atomic mass is 10.1. The maximum atomic E-state index is 13.3. The first-order valence-corrected chi connectivity index (χ1v) is 9.87. The van der Waals surface area contributed by atoms with E-state index >= 15 is 0 Å². The van der Waals surface area contributed by atoms with Crippen LogP contribution in [0.5, 0.6) is 0 Å². The standard InChI is InChI=1S/C24H21FN4O2/c1-15-5-10-19(12-16(15)2)27-22(30)14-29-23(31)13-21(17-6-8-18(25)9-7-17)28-20-4-3-11-26-24(20)29/h3-12H,13-14H2,1-2H3,(H,27,30). The molecule has 7 heteroatoms. The van der Waals surface area contributed by atoms with Crippen molar-refractivity contribution in [1.82, 2.24) is 4.98 Å². The zero-order valence-electron chi connectivity index (χ0n) is 17.2. The molecule has 0 saturated carbocycles. The highest BCUT2D eigenvalue weighted by Gasteiger charge is 2.27. The summed E-state index contributed by atoms with van der Waals surface area (Å²) >= 11 is 0. The lowest BCUT2D eigenvalue weighted by Crippen LogP contribution is -2.39. The number of hydrogen-bond donors (Lipinski definition) is 1. The van der Waals surface area contributed by atoms with E-state index in [-0.39, 0.29) is 30.6 Å². The highest BCUT2D eigenvalue weighted by molar-refractivity contribution is 6.18. The van der Waals surface area contributed by atoms with Crippen LogP contribution in [-0.2, 0) is 9.59 Å². The van der Waals surface area contributed by atoms with E-state index in [0.717, 1.165) is 11.1 Å². The number of amides is 2. The van der Waals surface area contributed by atoms with Gasteiger partial charge in [-0.1, -0.05) is 18.2 Å². The monoisotopic (exact) mass is 416 g/mol. The van der Waals surface area contributed by atoms with Gasteiger partial charge in [-0.25, -0.2) is 14.4 Å². The van der Waals surface area contributed by atoms with Gasteiger partial charge in [0.15, 0.2) is 5.82 Å². The Balaban J connectivity index is 1.59. The van der Waals surface area contributed by atoms with Crippen LogP contribution in [0.15, 0.2) is 65.8 Å². The van der Waals surface area contributed by atoms with Crippen LogP contribution in [0.4, 0.5) is 21.6 Å². The van der Waals surface area contributed by atoms with E-state index in [2.05, 4.69) is 15.3 Å². The third kappa shape index (κ3) is 4.50. The fourth-order valence-corrected chi connectivity index (χ4v) is 3.36. The Kier molecular flexibility index (Phi) is 5.58. The number of benzene rings is 2. The molecule has 156 valence electrons. The van der Waals surface area contributed by atoms with Gasteiger partial charge in [0.2, 0.25) is 11.8 Å². The van der Waals surface area contributed by atoms with Gasteiger partial charge >= 0.3 is 0 Å². The number of anilines is 2. The zero-order valence-corrected chi connectivity index (χ0v) is 17.2. The van der Waals surface area contributed by atoms with Crippen LogP contribution in [0.2, 0.25) is 0 Å². The second-order valence-electron chi connectivity index (χ2n) is 7.42. The highest BCUT2D eigenvalue weighted by atomic mass is 19.1. The van der Waals surface area contributed by atoms with E-state index in [1.807, 2.05) is 32.0 Å². The summed E-state index contributed by atoms with van der Waals surface area (Å²) in [6.07, 6.45) is 1.53. The lowest BCUT2D eigenvalue weighted by molar-refractivity contribution is -0.120. The van der Waals surface area contributed by atoms with Gasteiger partial charge in [0, 0.05) is 11.9 Å². The van der Waals surface area contributed by atoms with Crippen molar-refractivity contribution in [3.63, 3.8) is 0 Å². The minimum absolute atomic E-state index is 0.0289. The fraction of sp³-hybridized carbons (Fsp3) is 0.167. The summed E-state index contributed by atoms with van der Waals surface area (Å²) in [5.74, 6) is -0.690. The van der Waals surface area contributed by atoms with Gasteiger partial charge in [0.25, 0.3) is 0 Å². The molecule has 31 heavy (non-hydrogen) atoms. The predicted octanol–water partition coefficient (Wildman–Crippen LogP) is 4.33. The minimum Gasteiger partial charge on any atom is -0.325 e. The van der Waals surface area contributed by atoms with Crippen LogP contribution in [0.3, 0.4) is 0 Å². The molecule has 1 aromatic heterocycles. The van der Waals surface area contributed by atoms with Crippen LogP contribution in [0.25, 0.3) is 0 Å². The maximum absolute atomic E-state index is 13.3. The van der Waals surface area contributed by atoms with E-state index in [1.165, 1.54) is 17.0 Å². The van der Waals surface area contributed by atoms with Crippen molar-refractivity contribution in [1.29, 1.82) is 0 Å². The Morgan fingerprint density at radius 2 is 1.87 bits per heavy atom. The number of rotatable bonds is 4. The van der Waals surface area contributed by atoms with Crippen molar-refractivity contribution < 1.29 is 14.0 Å². The molecule has 1 aliphatic heterocycles. The summed E-state index contributed by atoms with van der Waals surface area (Å²) < 4.78 is 13.3. The molecule has 3 aromatic rings.